The van der Waals surface area contributed by atoms with Gasteiger partial charge in [-0.2, -0.15) is 29.6 Å². The van der Waals surface area contributed by atoms with E-state index in [1.807, 2.05) is 12.1 Å². The van der Waals surface area contributed by atoms with E-state index < -0.39 is 14.8 Å². The predicted molar refractivity (Wildman–Crippen MR) is 534 cm³/mol. The van der Waals surface area contributed by atoms with E-state index in [2.05, 4.69) is 186 Å². The van der Waals surface area contributed by atoms with Crippen LogP contribution in [0.4, 0.5) is 92.2 Å². The third kappa shape index (κ3) is 32.2. The van der Waals surface area contributed by atoms with Crippen molar-refractivity contribution in [2.75, 3.05) is 144 Å². The number of nitrogens with two attached hydrogens (primary N) is 1. The average Bonchev–Trinajstić information content (AvgIpc) is 1.64. The molecule has 0 unspecified atom stereocenters. The van der Waals surface area contributed by atoms with Crippen LogP contribution in [0.2, 0.25) is 15.7 Å². The largest absolute Gasteiger partial charge is 0.394 e. The number of anilines is 13. The molecule has 13 aromatic rings. The number of carbonyl (C=O) groups is 7. The first-order chi connectivity index (χ1) is 67.4. The van der Waals surface area contributed by atoms with Crippen LogP contribution in [-0.2, 0) is 0 Å². The number of aromatic nitrogens is 13. The number of rotatable bonds is 38. The van der Waals surface area contributed by atoms with Crippen molar-refractivity contribution in [1.82, 2.24) is 117 Å². The number of hydrogen-bond donors (Lipinski definition) is 14. The maximum absolute atomic E-state index is 12.4. The molecule has 0 atom stereocenters. The van der Waals surface area contributed by atoms with E-state index in [0.717, 1.165) is 88.9 Å². The highest BCUT2D eigenvalue weighted by Gasteiger charge is 2.23. The van der Waals surface area contributed by atoms with Crippen LogP contribution in [0.5, 0.6) is 0 Å². The summed E-state index contributed by atoms with van der Waals surface area (Å²) in [6.45, 7) is 22.4. The highest BCUT2D eigenvalue weighted by atomic mass is 35.5. The zero-order valence-electron chi connectivity index (χ0n) is 77.6. The van der Waals surface area contributed by atoms with E-state index in [0.29, 0.717) is 122 Å². The molecule has 0 aliphatic heterocycles. The molecule has 0 spiro atoms. The molecule has 6 aromatic heterocycles. The fourth-order valence-corrected chi connectivity index (χ4v) is 13.1. The van der Waals surface area contributed by atoms with E-state index in [4.69, 9.17) is 40.5 Å². The third-order valence-electron chi connectivity index (χ3n) is 20.3. The van der Waals surface area contributed by atoms with Crippen LogP contribution in [0.25, 0.3) is 16.9 Å². The van der Waals surface area contributed by atoms with Gasteiger partial charge >= 0.3 is 17.1 Å². The Bertz CT molecular complexity index is 6460. The average molecular weight is 1970 g/mol. The van der Waals surface area contributed by atoms with Gasteiger partial charge in [-0.3, -0.25) is 63.9 Å². The molecule has 46 nitrogen and oxygen atoms in total. The normalized spacial score (nSPS) is 10.5. The maximum Gasteiger partial charge on any atom is 0.329 e. The lowest BCUT2D eigenvalue weighted by Crippen LogP contribution is -2.34. The van der Waals surface area contributed by atoms with Crippen molar-refractivity contribution in [2.45, 2.75) is 41.5 Å². The Kier molecular flexibility index (Phi) is 41.3. The molecule has 13 rings (SSSR count). The molecule has 0 radical (unpaired) electrons. The summed E-state index contributed by atoms with van der Waals surface area (Å²) in [5.74, 6) is -0.216. The second-order valence-electron chi connectivity index (χ2n) is 29.2. The van der Waals surface area contributed by atoms with Crippen LogP contribution < -0.4 is 74.9 Å². The standard InChI is InChI=1S/C25H29N9O2.C25H30N8O4.C25H32N8O2.C12H10ClN5O3.C4HCl2N3O2/c1-4-33(5-2)14-13-27-24(36)17-9-11-19(12-10-17)29-25-28-16-21-22(30-25)34(32-31-21)20-8-6-7-18(15-20)23(35)26-3;1-4-32(5-2)14-13-27-24(35)17-9-11-19(12-10-17)30-25-28-16-21(33(36)37)22(31-25)29-20-8-6-7-18(15-20)23(34)26-3;1-4-33(5-2)14-13-28-24(35)17-9-11-19(12-10-17)31-25-29-16-21(26)22(32-25)30-20-8-6-7-18(15-20)23(34)27-3;1-14-11(19)7-3-2-4-8(5-7)16-10-9(18(20)21)6-15-12(13)17-10;5-3-2(9(10)11)1-7-4(6)8-3/h6-12,15-16H,4-5,13-14H2,1-3H3,(H,26,35)(H,27,36)(H,28,29,30);6-12,15-16H,4-5,13-14H2,1-3H3,(H,26,34)(H,27,35)(H2,28,29,30,31);6-12,15-16H,4-5,13-14,26H2,1-3H3,(H,27,34)(H,28,35)(H2,29,30,31,32);2-6H,1H3,(H,14,19)(H,15,16,17);1H. The zero-order chi connectivity index (χ0) is 101. The predicted octanol–water partition coefficient (Wildman–Crippen LogP) is 12.5. The molecule has 6 heterocycles. The molecule has 7 aromatic carbocycles. The van der Waals surface area contributed by atoms with Gasteiger partial charge in [-0.1, -0.05) is 82.6 Å². The molecule has 49 heteroatoms. The van der Waals surface area contributed by atoms with Gasteiger partial charge < -0.3 is 89.6 Å². The molecule has 7 amide bonds. The van der Waals surface area contributed by atoms with Gasteiger partial charge in [0.15, 0.2) is 17.0 Å². The third-order valence-corrected chi connectivity index (χ3v) is 20.9. The smallest absolute Gasteiger partial charge is 0.329 e. The first kappa shape index (κ1) is 107. The van der Waals surface area contributed by atoms with Crippen LogP contribution in [-0.4, -0.2) is 242 Å². The van der Waals surface area contributed by atoms with Crippen molar-refractivity contribution in [3.05, 3.63) is 286 Å². The SMILES string of the molecule is CCN(CC)CCNC(=O)c1ccc(Nc2ncc(N)c(Nc3cccc(C(=O)NC)c3)n2)cc1.CCN(CC)CCNC(=O)c1ccc(Nc2ncc([N+](=O)[O-])c(Nc3cccc(C(=O)NC)c3)n2)cc1.CCN(CC)CCNC(=O)c1ccc(Nc2ncc3nnn(-c4cccc(C(=O)NC)c4)c3n2)cc1.CNC(=O)c1cccc(Nc2nc(Cl)ncc2[N+](=O)[O-])c1.O=[N+]([O-])c1cnc(Cl)nc1Cl. The molecule has 0 saturated heterocycles. The summed E-state index contributed by atoms with van der Waals surface area (Å²) in [5.41, 5.74) is 14.2. The van der Waals surface area contributed by atoms with Crippen LogP contribution in [0.3, 0.4) is 0 Å². The molecule has 0 aliphatic rings. The van der Waals surface area contributed by atoms with Gasteiger partial charge in [0.2, 0.25) is 45.2 Å². The summed E-state index contributed by atoms with van der Waals surface area (Å²) in [4.78, 5) is 162. The number of halogens is 3. The van der Waals surface area contributed by atoms with Crippen LogP contribution in [0.1, 0.15) is 114 Å². The summed E-state index contributed by atoms with van der Waals surface area (Å²) in [7, 11) is 6.19. The number of benzene rings is 7. The Morgan fingerprint density at radius 1 is 0.357 bits per heavy atom. The molecule has 0 bridgehead atoms. The van der Waals surface area contributed by atoms with E-state index in [1.165, 1.54) is 20.3 Å². The Morgan fingerprint density at radius 3 is 1.06 bits per heavy atom. The highest BCUT2D eigenvalue weighted by molar-refractivity contribution is 6.33. The van der Waals surface area contributed by atoms with Gasteiger partial charge in [0.05, 0.1) is 38.5 Å². The van der Waals surface area contributed by atoms with Crippen molar-refractivity contribution < 1.29 is 48.3 Å². The lowest BCUT2D eigenvalue weighted by atomic mass is 10.2. The summed E-state index contributed by atoms with van der Waals surface area (Å²) < 4.78 is 1.56. The summed E-state index contributed by atoms with van der Waals surface area (Å²) in [6, 6.07) is 47.9. The number of amides is 7. The fraction of sp³-hybridized carbons (Fsp3) is 0.242. The molecule has 0 saturated carbocycles. The monoisotopic (exact) mass is 1970 g/mol. The Labute approximate surface area is 817 Å². The van der Waals surface area contributed by atoms with Gasteiger partial charge in [0.1, 0.15) is 18.6 Å². The first-order valence-electron chi connectivity index (χ1n) is 43.4. The van der Waals surface area contributed by atoms with E-state index in [-0.39, 0.29) is 91.7 Å². The second kappa shape index (κ2) is 54.1. The molecular formula is C91H102Cl3N33O13. The van der Waals surface area contributed by atoms with Crippen molar-refractivity contribution in [1.29, 1.82) is 0 Å². The Morgan fingerprint density at radius 2 is 0.686 bits per heavy atom. The number of nitrogen functional groups attached to an aromatic ring is 1. The van der Waals surface area contributed by atoms with Crippen LogP contribution in [0, 0.1) is 30.3 Å². The van der Waals surface area contributed by atoms with E-state index in [9.17, 15) is 63.9 Å². The summed E-state index contributed by atoms with van der Waals surface area (Å²) >= 11 is 16.3. The molecule has 0 fully saturated rings. The lowest BCUT2D eigenvalue weighted by molar-refractivity contribution is -0.385. The number of nitro groups is 3. The number of carbonyl (C=O) groups excluding carboxylic acids is 7. The molecule has 730 valence electrons. The number of fused-ring (bicyclic) bond motifs is 1. The topological polar surface area (TPSA) is 601 Å². The van der Waals surface area contributed by atoms with Crippen LogP contribution >= 0.6 is 34.8 Å². The number of likely N-dealkylation sites (N-methyl/N-ethyl adjacent to an activating group) is 3. The minimum atomic E-state index is -0.682. The Hall–Kier alpha value is -16.8. The molecule has 15 N–H and O–H groups in total. The quantitative estimate of drug-likeness (QED) is 0.00739. The van der Waals surface area contributed by atoms with Crippen molar-refractivity contribution in [2.24, 2.45) is 0 Å². The number of nitrogens with one attached hydrogen (secondary N) is 13. The van der Waals surface area contributed by atoms with Crippen molar-refractivity contribution in [3.8, 4) is 5.69 Å². The fourth-order valence-electron chi connectivity index (χ4n) is 12.6. The van der Waals surface area contributed by atoms with Crippen molar-refractivity contribution >= 4 is 179 Å². The lowest BCUT2D eigenvalue weighted by Gasteiger charge is -2.18. The summed E-state index contributed by atoms with van der Waals surface area (Å²) in [6.07, 6.45) is 6.14. The zero-order valence-corrected chi connectivity index (χ0v) is 79.8. The number of nitrogens with zero attached hydrogens (tertiary/aromatic N) is 19. The highest BCUT2D eigenvalue weighted by Crippen LogP contribution is 2.31. The molecule has 140 heavy (non-hydrogen) atoms. The van der Waals surface area contributed by atoms with Gasteiger partial charge in [-0.15, -0.1) is 5.10 Å². The van der Waals surface area contributed by atoms with E-state index in [1.54, 1.807) is 183 Å². The minimum absolute atomic E-state index is 0.0410. The van der Waals surface area contributed by atoms with Gasteiger partial charge in [-0.25, -0.2) is 24.9 Å². The van der Waals surface area contributed by atoms with Crippen molar-refractivity contribution in [3.63, 3.8) is 0 Å². The van der Waals surface area contributed by atoms with Gasteiger partial charge in [0, 0.05) is 141 Å². The first-order valence-corrected chi connectivity index (χ1v) is 44.5. The van der Waals surface area contributed by atoms with Gasteiger partial charge in [0.25, 0.3) is 41.4 Å². The molecule has 0 aliphatic carbocycles. The summed E-state index contributed by atoms with van der Waals surface area (Å²) in [5, 5.41) is 77.4. The second-order valence-corrected chi connectivity index (χ2v) is 30.3. The molecular weight excluding hydrogens is 1870 g/mol. The number of hydrogen-bond acceptors (Lipinski definition) is 35. The Balaban J connectivity index is 0.000000204. The van der Waals surface area contributed by atoms with E-state index >= 15 is 0 Å². The van der Waals surface area contributed by atoms with Crippen LogP contribution in [0.15, 0.2) is 201 Å². The van der Waals surface area contributed by atoms with Gasteiger partial charge in [-0.05, 0) is 208 Å². The minimum Gasteiger partial charge on any atom is -0.394 e. The maximum atomic E-state index is 12.4.